The number of carbonyl (C=O) groups excluding carboxylic acids is 1. The molecule has 1 aliphatic rings. The SMILES string of the molecule is Cc1ccc2c(c1C)OC(C)CC(=O)N2C. The van der Waals surface area contributed by atoms with Crippen LogP contribution in [0.3, 0.4) is 0 Å². The Morgan fingerprint density at radius 2 is 2.06 bits per heavy atom. The third-order valence-corrected chi connectivity index (χ3v) is 3.17. The van der Waals surface area contributed by atoms with E-state index in [9.17, 15) is 4.79 Å². The minimum absolute atomic E-state index is 0.0586. The zero-order valence-corrected chi connectivity index (χ0v) is 10.2. The van der Waals surface area contributed by atoms with E-state index < -0.39 is 0 Å². The number of benzene rings is 1. The van der Waals surface area contributed by atoms with E-state index in [-0.39, 0.29) is 12.0 Å². The van der Waals surface area contributed by atoms with Crippen LogP contribution in [0.1, 0.15) is 24.5 Å². The zero-order valence-electron chi connectivity index (χ0n) is 10.2. The van der Waals surface area contributed by atoms with E-state index in [1.165, 1.54) is 5.56 Å². The normalized spacial score (nSPS) is 20.1. The van der Waals surface area contributed by atoms with Gasteiger partial charge in [0.05, 0.1) is 12.1 Å². The topological polar surface area (TPSA) is 29.5 Å². The first kappa shape index (κ1) is 11.0. The van der Waals surface area contributed by atoms with Gasteiger partial charge in [-0.1, -0.05) is 6.07 Å². The summed E-state index contributed by atoms with van der Waals surface area (Å²) in [4.78, 5) is 13.5. The Hall–Kier alpha value is -1.51. The first-order valence-electron chi connectivity index (χ1n) is 5.54. The Labute approximate surface area is 96.0 Å². The summed E-state index contributed by atoms with van der Waals surface area (Å²) in [5, 5.41) is 0. The van der Waals surface area contributed by atoms with E-state index in [2.05, 4.69) is 6.92 Å². The molecule has 0 radical (unpaired) electrons. The van der Waals surface area contributed by atoms with Gasteiger partial charge in [-0.15, -0.1) is 0 Å². The standard InChI is InChI=1S/C13H17NO2/c1-8-5-6-11-13(10(8)3)16-9(2)7-12(15)14(11)4/h5-6,9H,7H2,1-4H3. The van der Waals surface area contributed by atoms with Gasteiger partial charge in [-0.05, 0) is 38.0 Å². The number of amides is 1. The summed E-state index contributed by atoms with van der Waals surface area (Å²) in [6.07, 6.45) is 0.376. The molecule has 0 fully saturated rings. The number of ether oxygens (including phenoxy) is 1. The second-order valence-corrected chi connectivity index (χ2v) is 4.44. The highest BCUT2D eigenvalue weighted by atomic mass is 16.5. The van der Waals surface area contributed by atoms with Crippen LogP contribution in [-0.2, 0) is 4.79 Å². The van der Waals surface area contributed by atoms with Crippen molar-refractivity contribution in [2.45, 2.75) is 33.3 Å². The lowest BCUT2D eigenvalue weighted by atomic mass is 10.1. The van der Waals surface area contributed by atoms with Crippen molar-refractivity contribution < 1.29 is 9.53 Å². The molecule has 2 rings (SSSR count). The third kappa shape index (κ3) is 1.66. The van der Waals surface area contributed by atoms with Gasteiger partial charge in [0.15, 0.2) is 0 Å². The molecule has 86 valence electrons. The summed E-state index contributed by atoms with van der Waals surface area (Å²) >= 11 is 0. The summed E-state index contributed by atoms with van der Waals surface area (Å²) in [7, 11) is 1.80. The number of hydrogen-bond acceptors (Lipinski definition) is 2. The quantitative estimate of drug-likeness (QED) is 0.670. The van der Waals surface area contributed by atoms with Crippen LogP contribution >= 0.6 is 0 Å². The Morgan fingerprint density at radius 1 is 1.38 bits per heavy atom. The van der Waals surface area contributed by atoms with Crippen LogP contribution in [-0.4, -0.2) is 19.1 Å². The molecule has 1 heterocycles. The Bertz CT molecular complexity index is 440. The summed E-state index contributed by atoms with van der Waals surface area (Å²) in [5.41, 5.74) is 3.18. The lowest BCUT2D eigenvalue weighted by molar-refractivity contribution is -0.119. The van der Waals surface area contributed by atoms with E-state index in [4.69, 9.17) is 4.74 Å². The minimum Gasteiger partial charge on any atom is -0.488 e. The number of anilines is 1. The molecule has 1 unspecified atom stereocenters. The molecule has 1 aromatic rings. The molecular formula is C13H17NO2. The predicted molar refractivity (Wildman–Crippen MR) is 64.0 cm³/mol. The van der Waals surface area contributed by atoms with Crippen LogP contribution < -0.4 is 9.64 Å². The number of hydrogen-bond donors (Lipinski definition) is 0. The van der Waals surface area contributed by atoms with Crippen LogP contribution in [0.15, 0.2) is 12.1 Å². The van der Waals surface area contributed by atoms with Gasteiger partial charge in [-0.2, -0.15) is 0 Å². The second-order valence-electron chi connectivity index (χ2n) is 4.44. The highest BCUT2D eigenvalue weighted by molar-refractivity contribution is 5.95. The Kier molecular flexibility index (Phi) is 2.62. The largest absolute Gasteiger partial charge is 0.488 e. The average molecular weight is 219 g/mol. The van der Waals surface area contributed by atoms with Gasteiger partial charge in [0.2, 0.25) is 5.91 Å². The highest BCUT2D eigenvalue weighted by Crippen LogP contribution is 2.36. The van der Waals surface area contributed by atoms with Crippen molar-refractivity contribution in [1.29, 1.82) is 0 Å². The van der Waals surface area contributed by atoms with E-state index >= 15 is 0 Å². The van der Waals surface area contributed by atoms with Crippen molar-refractivity contribution in [1.82, 2.24) is 0 Å². The Morgan fingerprint density at radius 3 is 2.75 bits per heavy atom. The molecule has 0 spiro atoms. The van der Waals surface area contributed by atoms with Crippen LogP contribution in [0.25, 0.3) is 0 Å². The summed E-state index contributed by atoms with van der Waals surface area (Å²) in [6, 6.07) is 3.98. The lowest BCUT2D eigenvalue weighted by Gasteiger charge is -2.18. The van der Waals surface area contributed by atoms with Crippen molar-refractivity contribution in [2.75, 3.05) is 11.9 Å². The molecule has 0 aliphatic carbocycles. The number of rotatable bonds is 0. The second kappa shape index (κ2) is 3.81. The van der Waals surface area contributed by atoms with Crippen LogP contribution in [0.5, 0.6) is 5.75 Å². The fourth-order valence-electron chi connectivity index (χ4n) is 1.95. The smallest absolute Gasteiger partial charge is 0.230 e. The maximum absolute atomic E-state index is 11.8. The fraction of sp³-hybridized carbons (Fsp3) is 0.462. The molecule has 1 aliphatic heterocycles. The molecule has 3 nitrogen and oxygen atoms in total. The highest BCUT2D eigenvalue weighted by Gasteiger charge is 2.25. The number of aryl methyl sites for hydroxylation is 1. The lowest BCUT2D eigenvalue weighted by Crippen LogP contribution is -2.27. The molecule has 16 heavy (non-hydrogen) atoms. The fourth-order valence-corrected chi connectivity index (χ4v) is 1.95. The molecule has 0 saturated heterocycles. The van der Waals surface area contributed by atoms with Gasteiger partial charge in [-0.25, -0.2) is 0 Å². The molecule has 0 N–H and O–H groups in total. The number of nitrogens with zero attached hydrogens (tertiary/aromatic N) is 1. The van der Waals surface area contributed by atoms with Gasteiger partial charge < -0.3 is 9.64 Å². The van der Waals surface area contributed by atoms with E-state index in [0.717, 1.165) is 17.0 Å². The van der Waals surface area contributed by atoms with Gasteiger partial charge in [-0.3, -0.25) is 4.79 Å². The van der Waals surface area contributed by atoms with E-state index in [1.807, 2.05) is 26.0 Å². The van der Waals surface area contributed by atoms with Crippen molar-refractivity contribution in [3.8, 4) is 5.75 Å². The molecule has 1 amide bonds. The number of carbonyl (C=O) groups is 1. The van der Waals surface area contributed by atoms with Crippen molar-refractivity contribution in [3.63, 3.8) is 0 Å². The van der Waals surface area contributed by atoms with Crippen molar-refractivity contribution >= 4 is 11.6 Å². The average Bonchev–Trinajstić information content (AvgIpc) is 2.33. The molecule has 0 bridgehead atoms. The summed E-state index contributed by atoms with van der Waals surface area (Å²) < 4.78 is 5.85. The van der Waals surface area contributed by atoms with Gasteiger partial charge in [0, 0.05) is 7.05 Å². The molecule has 1 aromatic carbocycles. The van der Waals surface area contributed by atoms with Gasteiger partial charge in [0.25, 0.3) is 0 Å². The predicted octanol–water partition coefficient (Wildman–Crippen LogP) is 2.44. The summed E-state index contributed by atoms with van der Waals surface area (Å²) in [6.45, 7) is 6.02. The summed E-state index contributed by atoms with van der Waals surface area (Å²) in [5.74, 6) is 0.954. The Balaban J connectivity index is 2.59. The van der Waals surface area contributed by atoms with Crippen molar-refractivity contribution in [3.05, 3.63) is 23.3 Å². The maximum Gasteiger partial charge on any atom is 0.230 e. The molecule has 3 heteroatoms. The first-order chi connectivity index (χ1) is 7.50. The number of fused-ring (bicyclic) bond motifs is 1. The first-order valence-corrected chi connectivity index (χ1v) is 5.54. The third-order valence-electron chi connectivity index (χ3n) is 3.17. The van der Waals surface area contributed by atoms with Gasteiger partial charge >= 0.3 is 0 Å². The van der Waals surface area contributed by atoms with E-state index in [0.29, 0.717) is 6.42 Å². The minimum atomic E-state index is -0.0586. The van der Waals surface area contributed by atoms with Crippen LogP contribution in [0.4, 0.5) is 5.69 Å². The van der Waals surface area contributed by atoms with Crippen LogP contribution in [0.2, 0.25) is 0 Å². The van der Waals surface area contributed by atoms with Crippen LogP contribution in [0, 0.1) is 13.8 Å². The van der Waals surface area contributed by atoms with E-state index in [1.54, 1.807) is 11.9 Å². The monoisotopic (exact) mass is 219 g/mol. The molecular weight excluding hydrogens is 202 g/mol. The maximum atomic E-state index is 11.8. The zero-order chi connectivity index (χ0) is 11.9. The molecule has 0 aromatic heterocycles. The molecule has 0 saturated carbocycles. The van der Waals surface area contributed by atoms with Gasteiger partial charge in [0.1, 0.15) is 11.9 Å². The molecule has 1 atom stereocenters. The van der Waals surface area contributed by atoms with Crippen molar-refractivity contribution in [2.24, 2.45) is 0 Å².